The summed E-state index contributed by atoms with van der Waals surface area (Å²) in [4.78, 5) is 10.5. The maximum atomic E-state index is 10.5. The maximum Gasteiger partial charge on any atom is 0.310 e. The van der Waals surface area contributed by atoms with Crippen LogP contribution in [0.25, 0.3) is 0 Å². The summed E-state index contributed by atoms with van der Waals surface area (Å²) in [5.74, 6) is 0.0185. The van der Waals surface area contributed by atoms with Crippen LogP contribution in [0.3, 0.4) is 0 Å². The van der Waals surface area contributed by atoms with Crippen molar-refractivity contribution in [1.29, 1.82) is 0 Å². The number of hydrogen-bond acceptors (Lipinski definition) is 4. The predicted molar refractivity (Wildman–Crippen MR) is 45.3 cm³/mol. The van der Waals surface area contributed by atoms with E-state index in [1.165, 1.54) is 13.0 Å². The van der Waals surface area contributed by atoms with Gasteiger partial charge >= 0.3 is 5.97 Å². The van der Waals surface area contributed by atoms with Gasteiger partial charge in [-0.05, 0) is 19.9 Å². The molecule has 0 aromatic carbocycles. The minimum absolute atomic E-state index is 0.102. The van der Waals surface area contributed by atoms with Crippen LogP contribution in [0, 0.1) is 0 Å². The van der Waals surface area contributed by atoms with Crippen LogP contribution in [0.1, 0.15) is 26.5 Å². The molecule has 13 heavy (non-hydrogen) atoms. The van der Waals surface area contributed by atoms with Gasteiger partial charge in [0.2, 0.25) is 0 Å². The first-order valence-electron chi connectivity index (χ1n) is 3.90. The van der Waals surface area contributed by atoms with Crippen molar-refractivity contribution in [3.8, 4) is 5.95 Å². The molecule has 1 N–H and O–H groups in total. The first-order chi connectivity index (χ1) is 5.89. The van der Waals surface area contributed by atoms with Gasteiger partial charge in [-0.3, -0.25) is 4.79 Å². The molecule has 0 aliphatic carbocycles. The molecule has 1 heterocycles. The molecule has 4 nitrogen and oxygen atoms in total. The average Bonchev–Trinajstić information content (AvgIpc) is 2.32. The first kappa shape index (κ1) is 9.80. The molecule has 0 aliphatic rings. The molecule has 0 unspecified atom stereocenters. The van der Waals surface area contributed by atoms with Crippen molar-refractivity contribution in [2.75, 3.05) is 0 Å². The quantitative estimate of drug-likeness (QED) is 0.706. The van der Waals surface area contributed by atoms with E-state index in [9.17, 15) is 9.90 Å². The van der Waals surface area contributed by atoms with Gasteiger partial charge in [-0.1, -0.05) is 0 Å². The maximum absolute atomic E-state index is 10.5. The van der Waals surface area contributed by atoms with Crippen molar-refractivity contribution in [2.24, 2.45) is 0 Å². The second-order valence-corrected chi connectivity index (χ2v) is 3.27. The third-order valence-electron chi connectivity index (χ3n) is 1.43. The van der Waals surface area contributed by atoms with Crippen molar-refractivity contribution >= 4 is 5.97 Å². The van der Waals surface area contributed by atoms with Gasteiger partial charge in [0, 0.05) is 13.0 Å². The lowest BCUT2D eigenvalue weighted by atomic mass is 10.1. The van der Waals surface area contributed by atoms with Gasteiger partial charge < -0.3 is 14.3 Å². The Bertz CT molecular complexity index is 306. The van der Waals surface area contributed by atoms with E-state index >= 15 is 0 Å². The molecule has 0 aliphatic heterocycles. The Hall–Kier alpha value is -1.29. The van der Waals surface area contributed by atoms with Gasteiger partial charge in [0.15, 0.2) is 0 Å². The minimum Gasteiger partial charge on any atom is -0.427 e. The molecule has 0 spiro atoms. The zero-order chi connectivity index (χ0) is 10.1. The number of esters is 1. The minimum atomic E-state index is -1.06. The first-order valence-corrected chi connectivity index (χ1v) is 3.90. The van der Waals surface area contributed by atoms with Crippen molar-refractivity contribution in [2.45, 2.75) is 26.4 Å². The highest BCUT2D eigenvalue weighted by Gasteiger charge is 2.21. The fourth-order valence-corrected chi connectivity index (χ4v) is 0.845. The Kier molecular flexibility index (Phi) is 2.43. The van der Waals surface area contributed by atoms with E-state index in [2.05, 4.69) is 4.74 Å². The summed E-state index contributed by atoms with van der Waals surface area (Å²) in [5.41, 5.74) is -1.06. The Balaban J connectivity index is 2.81. The van der Waals surface area contributed by atoms with Crippen LogP contribution in [-0.2, 0) is 10.4 Å². The summed E-state index contributed by atoms with van der Waals surface area (Å²) in [5, 5.41) is 9.50. The molecule has 1 aromatic heterocycles. The highest BCUT2D eigenvalue weighted by Crippen LogP contribution is 2.25. The Morgan fingerprint density at radius 3 is 2.54 bits per heavy atom. The van der Waals surface area contributed by atoms with E-state index in [-0.39, 0.29) is 5.95 Å². The van der Waals surface area contributed by atoms with Gasteiger partial charge in [-0.25, -0.2) is 0 Å². The number of carbonyl (C=O) groups is 1. The average molecular weight is 184 g/mol. The highest BCUT2D eigenvalue weighted by molar-refractivity contribution is 5.68. The van der Waals surface area contributed by atoms with Gasteiger partial charge in [-0.2, -0.15) is 0 Å². The smallest absolute Gasteiger partial charge is 0.310 e. The Labute approximate surface area is 76.1 Å². The number of rotatable bonds is 2. The van der Waals surface area contributed by atoms with E-state index in [1.54, 1.807) is 19.9 Å². The zero-order valence-corrected chi connectivity index (χ0v) is 7.83. The zero-order valence-electron chi connectivity index (χ0n) is 7.83. The molecule has 4 heteroatoms. The van der Waals surface area contributed by atoms with E-state index in [0.717, 1.165) is 0 Å². The van der Waals surface area contributed by atoms with Gasteiger partial charge in [0.1, 0.15) is 11.4 Å². The molecule has 0 amide bonds. The lowest BCUT2D eigenvalue weighted by Gasteiger charge is -2.12. The standard InChI is InChI=1S/C9H12O4/c1-6(10)12-8-5-4-7(13-8)9(2,3)11/h4-5,11H,1-3H3. The van der Waals surface area contributed by atoms with Crippen molar-refractivity contribution in [1.82, 2.24) is 0 Å². The number of furan rings is 1. The summed E-state index contributed by atoms with van der Waals surface area (Å²) < 4.78 is 9.74. The van der Waals surface area contributed by atoms with Gasteiger partial charge in [0.25, 0.3) is 5.95 Å². The van der Waals surface area contributed by atoms with Crippen molar-refractivity contribution in [3.05, 3.63) is 17.9 Å². The van der Waals surface area contributed by atoms with Crippen LogP contribution in [0.15, 0.2) is 16.5 Å². The van der Waals surface area contributed by atoms with Crippen molar-refractivity contribution in [3.63, 3.8) is 0 Å². The molecule has 72 valence electrons. The van der Waals surface area contributed by atoms with E-state index in [1.807, 2.05) is 0 Å². The molecule has 0 saturated heterocycles. The van der Waals surface area contributed by atoms with Crippen molar-refractivity contribution < 1.29 is 19.1 Å². The molecular weight excluding hydrogens is 172 g/mol. The molecule has 1 aromatic rings. The van der Waals surface area contributed by atoms with Crippen LogP contribution < -0.4 is 4.74 Å². The Morgan fingerprint density at radius 1 is 1.54 bits per heavy atom. The summed E-state index contributed by atoms with van der Waals surface area (Å²) in [6, 6.07) is 3.06. The molecular formula is C9H12O4. The third-order valence-corrected chi connectivity index (χ3v) is 1.43. The highest BCUT2D eigenvalue weighted by atomic mass is 16.6. The number of hydrogen-bond donors (Lipinski definition) is 1. The van der Waals surface area contributed by atoms with Crippen LogP contribution in [-0.4, -0.2) is 11.1 Å². The largest absolute Gasteiger partial charge is 0.427 e. The Morgan fingerprint density at radius 2 is 2.15 bits per heavy atom. The second kappa shape index (κ2) is 3.22. The predicted octanol–water partition coefficient (Wildman–Crippen LogP) is 1.43. The summed E-state index contributed by atoms with van der Waals surface area (Å²) in [6.45, 7) is 4.46. The molecule has 0 atom stereocenters. The number of carbonyl (C=O) groups excluding carboxylic acids is 1. The molecule has 0 fully saturated rings. The normalized spacial score (nSPS) is 11.4. The number of aliphatic hydroxyl groups is 1. The SMILES string of the molecule is CC(=O)Oc1ccc(C(C)(C)O)o1. The number of ether oxygens (including phenoxy) is 1. The van der Waals surface area contributed by atoms with Crippen LogP contribution in [0.5, 0.6) is 5.95 Å². The summed E-state index contributed by atoms with van der Waals surface area (Å²) in [6.07, 6.45) is 0. The lowest BCUT2D eigenvalue weighted by molar-refractivity contribution is -0.133. The summed E-state index contributed by atoms with van der Waals surface area (Å²) in [7, 11) is 0. The molecule has 1 rings (SSSR count). The van der Waals surface area contributed by atoms with Crippen LogP contribution in [0.4, 0.5) is 0 Å². The topological polar surface area (TPSA) is 59.7 Å². The fraction of sp³-hybridized carbons (Fsp3) is 0.444. The van der Waals surface area contributed by atoms with E-state index < -0.39 is 11.6 Å². The monoisotopic (exact) mass is 184 g/mol. The second-order valence-electron chi connectivity index (χ2n) is 3.27. The van der Waals surface area contributed by atoms with E-state index in [0.29, 0.717) is 5.76 Å². The fourth-order valence-electron chi connectivity index (χ4n) is 0.845. The van der Waals surface area contributed by atoms with Crippen LogP contribution in [0.2, 0.25) is 0 Å². The lowest BCUT2D eigenvalue weighted by Crippen LogP contribution is -2.13. The van der Waals surface area contributed by atoms with Crippen LogP contribution >= 0.6 is 0 Å². The summed E-state index contributed by atoms with van der Waals surface area (Å²) >= 11 is 0. The molecule has 0 saturated carbocycles. The van der Waals surface area contributed by atoms with Gasteiger partial charge in [0.05, 0.1) is 0 Å². The van der Waals surface area contributed by atoms with E-state index in [4.69, 9.17) is 4.42 Å². The molecule has 0 radical (unpaired) electrons. The third kappa shape index (κ3) is 2.59. The molecule has 0 bridgehead atoms. The van der Waals surface area contributed by atoms with Gasteiger partial charge in [-0.15, -0.1) is 0 Å².